The van der Waals surface area contributed by atoms with Crippen molar-refractivity contribution in [2.45, 2.75) is 33.6 Å². The molecule has 29 heavy (non-hydrogen) atoms. The predicted molar refractivity (Wildman–Crippen MR) is 113 cm³/mol. The Morgan fingerprint density at radius 1 is 0.828 bits per heavy atom. The summed E-state index contributed by atoms with van der Waals surface area (Å²) in [6.45, 7) is 8.14. The first-order valence-electron chi connectivity index (χ1n) is 10.2. The lowest BCUT2D eigenvalue weighted by Gasteiger charge is -2.13. The van der Waals surface area contributed by atoms with Crippen molar-refractivity contribution in [2.24, 2.45) is 0 Å². The molecule has 1 amide bonds. The lowest BCUT2D eigenvalue weighted by molar-refractivity contribution is -0.123. The fraction of sp³-hybridized carbons (Fsp3) is 0.435. The second-order valence-corrected chi connectivity index (χ2v) is 6.33. The van der Waals surface area contributed by atoms with Crippen molar-refractivity contribution in [3.8, 4) is 23.0 Å². The number of nitrogens with one attached hydrogen (secondary N) is 1. The number of benzene rings is 2. The molecule has 6 nitrogen and oxygen atoms in total. The molecule has 158 valence electrons. The third-order valence-electron chi connectivity index (χ3n) is 4.01. The number of carbonyl (C=O) groups is 1. The second kappa shape index (κ2) is 12.5. The maximum absolute atomic E-state index is 12.1. The molecule has 0 aliphatic heterocycles. The molecule has 0 bridgehead atoms. The van der Waals surface area contributed by atoms with E-state index in [0.29, 0.717) is 44.3 Å². The highest BCUT2D eigenvalue weighted by Crippen LogP contribution is 2.29. The van der Waals surface area contributed by atoms with Gasteiger partial charge >= 0.3 is 0 Å². The van der Waals surface area contributed by atoms with E-state index in [4.69, 9.17) is 18.9 Å². The standard InChI is InChI=1S/C23H31NO5/c1-4-15-28-19-9-7-8-10-20(19)29-17-23(25)24-14-13-18-11-12-21(26-5-2)22(16-18)27-6-3/h7-12,16H,4-6,13-15,17H2,1-3H3,(H,24,25). The molecule has 0 unspecified atom stereocenters. The van der Waals surface area contributed by atoms with Crippen LogP contribution in [0.3, 0.4) is 0 Å². The summed E-state index contributed by atoms with van der Waals surface area (Å²) in [4.78, 5) is 12.1. The summed E-state index contributed by atoms with van der Waals surface area (Å²) >= 11 is 0. The Morgan fingerprint density at radius 3 is 2.17 bits per heavy atom. The summed E-state index contributed by atoms with van der Waals surface area (Å²) in [5, 5.41) is 2.88. The first-order chi connectivity index (χ1) is 14.2. The average Bonchev–Trinajstić information content (AvgIpc) is 2.73. The molecule has 0 spiro atoms. The van der Waals surface area contributed by atoms with Gasteiger partial charge in [0.05, 0.1) is 19.8 Å². The van der Waals surface area contributed by atoms with E-state index in [1.807, 2.05) is 57.2 Å². The Balaban J connectivity index is 1.81. The minimum absolute atomic E-state index is 0.0556. The summed E-state index contributed by atoms with van der Waals surface area (Å²) in [6.07, 6.45) is 1.60. The van der Waals surface area contributed by atoms with Crippen molar-refractivity contribution in [2.75, 3.05) is 33.0 Å². The number of amides is 1. The summed E-state index contributed by atoms with van der Waals surface area (Å²) in [5.74, 6) is 2.51. The summed E-state index contributed by atoms with van der Waals surface area (Å²) < 4.78 is 22.5. The van der Waals surface area contributed by atoms with Gasteiger partial charge in [-0.2, -0.15) is 0 Å². The van der Waals surface area contributed by atoms with Gasteiger partial charge in [-0.3, -0.25) is 4.79 Å². The molecule has 0 aliphatic carbocycles. The zero-order valence-corrected chi connectivity index (χ0v) is 17.5. The van der Waals surface area contributed by atoms with Crippen LogP contribution in [0.4, 0.5) is 0 Å². The molecule has 2 aromatic rings. The zero-order chi connectivity index (χ0) is 20.9. The van der Waals surface area contributed by atoms with Gasteiger partial charge < -0.3 is 24.3 Å². The maximum atomic E-state index is 12.1. The summed E-state index contributed by atoms with van der Waals surface area (Å²) in [5.41, 5.74) is 1.07. The highest BCUT2D eigenvalue weighted by molar-refractivity contribution is 5.77. The third-order valence-corrected chi connectivity index (χ3v) is 4.01. The van der Waals surface area contributed by atoms with E-state index in [1.165, 1.54) is 0 Å². The number of hydrogen-bond acceptors (Lipinski definition) is 5. The fourth-order valence-electron chi connectivity index (χ4n) is 2.69. The van der Waals surface area contributed by atoms with Crippen molar-refractivity contribution >= 4 is 5.91 Å². The van der Waals surface area contributed by atoms with E-state index in [2.05, 4.69) is 5.32 Å². The van der Waals surface area contributed by atoms with Gasteiger partial charge in [-0.1, -0.05) is 25.1 Å². The van der Waals surface area contributed by atoms with Crippen LogP contribution in [-0.2, 0) is 11.2 Å². The highest BCUT2D eigenvalue weighted by atomic mass is 16.5. The van der Waals surface area contributed by atoms with Gasteiger partial charge in [0, 0.05) is 6.54 Å². The number of carbonyl (C=O) groups excluding carboxylic acids is 1. The van der Waals surface area contributed by atoms with E-state index in [9.17, 15) is 4.79 Å². The average molecular weight is 402 g/mol. The van der Waals surface area contributed by atoms with E-state index in [-0.39, 0.29) is 12.5 Å². The van der Waals surface area contributed by atoms with Gasteiger partial charge in [0.15, 0.2) is 29.6 Å². The van der Waals surface area contributed by atoms with Gasteiger partial charge in [-0.15, -0.1) is 0 Å². The normalized spacial score (nSPS) is 10.3. The van der Waals surface area contributed by atoms with Crippen LogP contribution in [0.25, 0.3) is 0 Å². The Kier molecular flexibility index (Phi) is 9.69. The number of para-hydroxylation sites is 2. The van der Waals surface area contributed by atoms with E-state index in [1.54, 1.807) is 6.07 Å². The van der Waals surface area contributed by atoms with Crippen molar-refractivity contribution < 1.29 is 23.7 Å². The van der Waals surface area contributed by atoms with Crippen molar-refractivity contribution in [1.82, 2.24) is 5.32 Å². The van der Waals surface area contributed by atoms with Crippen LogP contribution in [0.2, 0.25) is 0 Å². The van der Waals surface area contributed by atoms with Crippen molar-refractivity contribution in [1.29, 1.82) is 0 Å². The molecule has 6 heteroatoms. The molecule has 0 atom stereocenters. The number of rotatable bonds is 13. The quantitative estimate of drug-likeness (QED) is 0.549. The Labute approximate surface area is 173 Å². The lowest BCUT2D eigenvalue weighted by Crippen LogP contribution is -2.30. The van der Waals surface area contributed by atoms with Gasteiger partial charge in [0.2, 0.25) is 0 Å². The molecule has 0 heterocycles. The van der Waals surface area contributed by atoms with Gasteiger partial charge in [0.1, 0.15) is 0 Å². The molecular weight excluding hydrogens is 370 g/mol. The van der Waals surface area contributed by atoms with Crippen molar-refractivity contribution in [3.05, 3.63) is 48.0 Å². The SMILES string of the molecule is CCCOc1ccccc1OCC(=O)NCCc1ccc(OCC)c(OCC)c1. The highest BCUT2D eigenvalue weighted by Gasteiger charge is 2.09. The Morgan fingerprint density at radius 2 is 1.48 bits per heavy atom. The zero-order valence-electron chi connectivity index (χ0n) is 17.5. The predicted octanol–water partition coefficient (Wildman–Crippen LogP) is 4.01. The monoisotopic (exact) mass is 401 g/mol. The molecule has 0 aliphatic rings. The third kappa shape index (κ3) is 7.56. The van der Waals surface area contributed by atoms with Crippen LogP contribution in [-0.4, -0.2) is 38.9 Å². The smallest absolute Gasteiger partial charge is 0.257 e. The molecule has 1 N–H and O–H groups in total. The van der Waals surface area contributed by atoms with Crippen LogP contribution >= 0.6 is 0 Å². The molecule has 0 radical (unpaired) electrons. The summed E-state index contributed by atoms with van der Waals surface area (Å²) in [7, 11) is 0. The topological polar surface area (TPSA) is 66.0 Å². The molecule has 0 saturated heterocycles. The molecule has 2 aromatic carbocycles. The van der Waals surface area contributed by atoms with Crippen molar-refractivity contribution in [3.63, 3.8) is 0 Å². The van der Waals surface area contributed by atoms with Crippen LogP contribution in [0, 0.1) is 0 Å². The minimum Gasteiger partial charge on any atom is -0.490 e. The van der Waals surface area contributed by atoms with Crippen LogP contribution < -0.4 is 24.3 Å². The molecule has 0 fully saturated rings. The summed E-state index contributed by atoms with van der Waals surface area (Å²) in [6, 6.07) is 13.2. The van der Waals surface area contributed by atoms with Gasteiger partial charge in [-0.25, -0.2) is 0 Å². The van der Waals surface area contributed by atoms with Crippen LogP contribution in [0.15, 0.2) is 42.5 Å². The molecular formula is C23H31NO5. The van der Waals surface area contributed by atoms with E-state index < -0.39 is 0 Å². The van der Waals surface area contributed by atoms with E-state index in [0.717, 1.165) is 23.5 Å². The first-order valence-corrected chi connectivity index (χ1v) is 10.2. The fourth-order valence-corrected chi connectivity index (χ4v) is 2.69. The van der Waals surface area contributed by atoms with Crippen LogP contribution in [0.5, 0.6) is 23.0 Å². The molecule has 0 aromatic heterocycles. The Bertz CT molecular complexity index is 763. The maximum Gasteiger partial charge on any atom is 0.257 e. The van der Waals surface area contributed by atoms with E-state index >= 15 is 0 Å². The molecule has 0 saturated carbocycles. The number of ether oxygens (including phenoxy) is 4. The first kappa shape index (κ1) is 22.4. The second-order valence-electron chi connectivity index (χ2n) is 6.33. The van der Waals surface area contributed by atoms with Gasteiger partial charge in [-0.05, 0) is 56.5 Å². The Hall–Kier alpha value is -2.89. The molecule has 2 rings (SSSR count). The largest absolute Gasteiger partial charge is 0.490 e. The lowest BCUT2D eigenvalue weighted by atomic mass is 10.1. The van der Waals surface area contributed by atoms with Gasteiger partial charge in [0.25, 0.3) is 5.91 Å². The van der Waals surface area contributed by atoms with Crippen LogP contribution in [0.1, 0.15) is 32.8 Å². The number of hydrogen-bond donors (Lipinski definition) is 1. The minimum atomic E-state index is -0.175.